The minimum absolute atomic E-state index is 0.00727. The van der Waals surface area contributed by atoms with Crippen LogP contribution in [0.3, 0.4) is 0 Å². The lowest BCUT2D eigenvalue weighted by Crippen LogP contribution is -2.56. The lowest BCUT2D eigenvalue weighted by Gasteiger charge is -2.33. The van der Waals surface area contributed by atoms with Crippen LogP contribution in [-0.4, -0.2) is 64.8 Å². The van der Waals surface area contributed by atoms with Gasteiger partial charge in [-0.2, -0.15) is 0 Å². The third-order valence-electron chi connectivity index (χ3n) is 7.46. The molecule has 5 atom stereocenters. The number of ketones is 1. The molecule has 1 saturated carbocycles. The third-order valence-corrected chi connectivity index (χ3v) is 7.46. The lowest BCUT2D eigenvalue weighted by molar-refractivity contribution is -0.136. The Morgan fingerprint density at radius 3 is 2.17 bits per heavy atom. The number of hydrogen-bond donors (Lipinski definition) is 3. The molecule has 1 aromatic carbocycles. The van der Waals surface area contributed by atoms with Crippen molar-refractivity contribution in [1.29, 1.82) is 0 Å². The van der Waals surface area contributed by atoms with Gasteiger partial charge >= 0.3 is 0 Å². The lowest BCUT2D eigenvalue weighted by atomic mass is 9.92. The summed E-state index contributed by atoms with van der Waals surface area (Å²) in [6.07, 6.45) is 0.580. The van der Waals surface area contributed by atoms with E-state index in [1.165, 1.54) is 6.92 Å². The molecule has 2 unspecified atom stereocenters. The molecule has 2 aliphatic rings. The summed E-state index contributed by atoms with van der Waals surface area (Å²) in [4.78, 5) is 52.3. The standard InChI is InChI=1S/C28H41N3O5/c1-16(2)15-21(29-27(35)20-11-13-31(14-12-20)18(5)32)28(36)30-24(17(3)4)26(34)23-22(25(23)33)19-9-7-6-8-10-19/h6-10,16-17,20-24,26,34H,11-15H2,1-5H3,(H,29,35)(H,30,36)/t21-,22?,23?,24-,26-/m0/s1. The van der Waals surface area contributed by atoms with Crippen LogP contribution in [0.25, 0.3) is 0 Å². The van der Waals surface area contributed by atoms with Crippen LogP contribution >= 0.6 is 0 Å². The van der Waals surface area contributed by atoms with Gasteiger partial charge in [0.05, 0.1) is 24.0 Å². The van der Waals surface area contributed by atoms with Gasteiger partial charge < -0.3 is 20.6 Å². The summed E-state index contributed by atoms with van der Waals surface area (Å²) < 4.78 is 0. The Morgan fingerprint density at radius 1 is 1.03 bits per heavy atom. The highest BCUT2D eigenvalue weighted by atomic mass is 16.3. The molecule has 1 aliphatic heterocycles. The SMILES string of the molecule is CC(=O)N1CCC(C(=O)N[C@@H](CC(C)C)C(=O)N[C@@H](C(C)C)[C@@H](O)C2C(=O)C2c2ccccc2)CC1. The summed E-state index contributed by atoms with van der Waals surface area (Å²) in [7, 11) is 0. The van der Waals surface area contributed by atoms with Crippen molar-refractivity contribution in [1.82, 2.24) is 15.5 Å². The zero-order valence-electron chi connectivity index (χ0n) is 22.1. The molecule has 0 radical (unpaired) electrons. The van der Waals surface area contributed by atoms with Crippen molar-refractivity contribution in [2.75, 3.05) is 13.1 Å². The van der Waals surface area contributed by atoms with Crippen LogP contribution in [-0.2, 0) is 19.2 Å². The Hall–Kier alpha value is -2.74. The highest BCUT2D eigenvalue weighted by molar-refractivity contribution is 6.05. The quantitative estimate of drug-likeness (QED) is 0.457. The van der Waals surface area contributed by atoms with Crippen molar-refractivity contribution in [3.63, 3.8) is 0 Å². The number of likely N-dealkylation sites (tertiary alicyclic amines) is 1. The van der Waals surface area contributed by atoms with Gasteiger partial charge in [-0.05, 0) is 36.7 Å². The van der Waals surface area contributed by atoms with Crippen LogP contribution in [0, 0.1) is 23.7 Å². The molecular formula is C28H41N3O5. The first-order chi connectivity index (χ1) is 17.0. The summed E-state index contributed by atoms with van der Waals surface area (Å²) in [5, 5.41) is 17.0. The maximum absolute atomic E-state index is 13.4. The number of carbonyl (C=O) groups is 4. The number of piperidine rings is 1. The third kappa shape index (κ3) is 6.72. The molecule has 0 bridgehead atoms. The Kier molecular flexibility index (Phi) is 9.28. The van der Waals surface area contributed by atoms with Crippen LogP contribution in [0.4, 0.5) is 0 Å². The monoisotopic (exact) mass is 499 g/mol. The highest BCUT2D eigenvalue weighted by Crippen LogP contribution is 2.46. The molecule has 8 heteroatoms. The van der Waals surface area contributed by atoms with Gasteiger partial charge in [0.25, 0.3) is 0 Å². The van der Waals surface area contributed by atoms with Gasteiger partial charge in [-0.25, -0.2) is 0 Å². The predicted molar refractivity (Wildman–Crippen MR) is 137 cm³/mol. The maximum atomic E-state index is 13.4. The fourth-order valence-corrected chi connectivity index (χ4v) is 5.24. The fraction of sp³-hybridized carbons (Fsp3) is 0.643. The molecule has 0 aromatic heterocycles. The topological polar surface area (TPSA) is 116 Å². The average molecular weight is 500 g/mol. The van der Waals surface area contributed by atoms with Crippen LogP contribution in [0.15, 0.2) is 30.3 Å². The number of aliphatic hydroxyl groups excluding tert-OH is 1. The van der Waals surface area contributed by atoms with Crippen molar-refractivity contribution >= 4 is 23.5 Å². The van der Waals surface area contributed by atoms with Crippen LogP contribution in [0.2, 0.25) is 0 Å². The molecule has 0 spiro atoms. The number of Topliss-reactive ketones (excluding diaryl/α,β-unsaturated/α-hetero) is 1. The highest BCUT2D eigenvalue weighted by Gasteiger charge is 2.56. The molecular weight excluding hydrogens is 458 g/mol. The Labute approximate surface area is 214 Å². The molecule has 36 heavy (non-hydrogen) atoms. The first-order valence-corrected chi connectivity index (χ1v) is 13.1. The Morgan fingerprint density at radius 2 is 1.64 bits per heavy atom. The van der Waals surface area contributed by atoms with E-state index in [9.17, 15) is 24.3 Å². The van der Waals surface area contributed by atoms with Crippen molar-refractivity contribution in [3.8, 4) is 0 Å². The molecule has 2 fully saturated rings. The number of nitrogens with one attached hydrogen (secondary N) is 2. The molecule has 3 rings (SSSR count). The number of carbonyl (C=O) groups excluding carboxylic acids is 4. The summed E-state index contributed by atoms with van der Waals surface area (Å²) in [6.45, 7) is 10.4. The van der Waals surface area contributed by atoms with Gasteiger partial charge in [-0.1, -0.05) is 58.0 Å². The molecule has 3 amide bonds. The summed E-state index contributed by atoms with van der Waals surface area (Å²) in [6, 6.07) is 8.03. The average Bonchev–Trinajstić information content (AvgIpc) is 3.52. The second-order valence-electron chi connectivity index (χ2n) is 11.1. The zero-order chi connectivity index (χ0) is 26.6. The van der Waals surface area contributed by atoms with Gasteiger partial charge in [-0.15, -0.1) is 0 Å². The van der Waals surface area contributed by atoms with E-state index in [1.807, 2.05) is 58.0 Å². The van der Waals surface area contributed by atoms with Crippen LogP contribution in [0.1, 0.15) is 65.4 Å². The van der Waals surface area contributed by atoms with Gasteiger partial charge in [0.2, 0.25) is 17.7 Å². The molecule has 8 nitrogen and oxygen atoms in total. The van der Waals surface area contributed by atoms with Crippen molar-refractivity contribution in [2.45, 2.75) is 78.0 Å². The van der Waals surface area contributed by atoms with Crippen molar-refractivity contribution < 1.29 is 24.3 Å². The number of hydrogen-bond acceptors (Lipinski definition) is 5. The van der Waals surface area contributed by atoms with Gasteiger partial charge in [-0.3, -0.25) is 19.2 Å². The minimum atomic E-state index is -1.02. The summed E-state index contributed by atoms with van der Waals surface area (Å²) in [5.74, 6) is -1.63. The smallest absolute Gasteiger partial charge is 0.242 e. The van der Waals surface area contributed by atoms with Gasteiger partial charge in [0, 0.05) is 25.9 Å². The summed E-state index contributed by atoms with van der Waals surface area (Å²) >= 11 is 0. The molecule has 1 aromatic rings. The molecule has 3 N–H and O–H groups in total. The molecule has 198 valence electrons. The Bertz CT molecular complexity index is 940. The van der Waals surface area contributed by atoms with Crippen LogP contribution in [0.5, 0.6) is 0 Å². The first kappa shape index (κ1) is 27.8. The number of nitrogens with zero attached hydrogens (tertiary/aromatic N) is 1. The minimum Gasteiger partial charge on any atom is -0.390 e. The molecule has 1 heterocycles. The van der Waals surface area contributed by atoms with E-state index in [2.05, 4.69) is 10.6 Å². The van der Waals surface area contributed by atoms with E-state index in [4.69, 9.17) is 0 Å². The number of benzene rings is 1. The van der Waals surface area contributed by atoms with E-state index >= 15 is 0 Å². The second-order valence-corrected chi connectivity index (χ2v) is 11.1. The normalized spacial score (nSPS) is 22.8. The predicted octanol–water partition coefficient (Wildman–Crippen LogP) is 2.26. The number of rotatable bonds is 10. The largest absolute Gasteiger partial charge is 0.390 e. The van der Waals surface area contributed by atoms with Gasteiger partial charge in [0.15, 0.2) is 0 Å². The second kappa shape index (κ2) is 12.0. The van der Waals surface area contributed by atoms with E-state index in [0.29, 0.717) is 32.4 Å². The molecule has 1 saturated heterocycles. The van der Waals surface area contributed by atoms with E-state index in [1.54, 1.807) is 4.90 Å². The van der Waals surface area contributed by atoms with Crippen LogP contribution < -0.4 is 10.6 Å². The maximum Gasteiger partial charge on any atom is 0.242 e. The Balaban J connectivity index is 1.65. The number of amides is 3. The van der Waals surface area contributed by atoms with Gasteiger partial charge in [0.1, 0.15) is 11.8 Å². The first-order valence-electron chi connectivity index (χ1n) is 13.1. The van der Waals surface area contributed by atoms with E-state index in [-0.39, 0.29) is 47.2 Å². The fourth-order valence-electron chi connectivity index (χ4n) is 5.24. The van der Waals surface area contributed by atoms with E-state index < -0.39 is 24.1 Å². The zero-order valence-corrected chi connectivity index (χ0v) is 22.1. The van der Waals surface area contributed by atoms with Crippen molar-refractivity contribution in [3.05, 3.63) is 35.9 Å². The molecule has 1 aliphatic carbocycles. The summed E-state index contributed by atoms with van der Waals surface area (Å²) in [5.41, 5.74) is 0.876. The van der Waals surface area contributed by atoms with Crippen molar-refractivity contribution in [2.24, 2.45) is 23.7 Å². The van der Waals surface area contributed by atoms with E-state index in [0.717, 1.165) is 5.56 Å². The number of aliphatic hydroxyl groups is 1.